The number of para-hydroxylation sites is 3. The van der Waals surface area contributed by atoms with Crippen molar-refractivity contribution >= 4 is 51.1 Å². The van der Waals surface area contributed by atoms with Crippen LogP contribution in [0.2, 0.25) is 0 Å². The van der Waals surface area contributed by atoms with E-state index in [4.69, 9.17) is 0 Å². The van der Waals surface area contributed by atoms with Crippen molar-refractivity contribution in [3.8, 4) is 39.1 Å². The summed E-state index contributed by atoms with van der Waals surface area (Å²) in [4.78, 5) is 4.72. The van der Waals surface area contributed by atoms with Gasteiger partial charge in [-0.2, -0.15) is 0 Å². The highest BCUT2D eigenvalue weighted by atomic mass is 15.1. The van der Waals surface area contributed by atoms with Crippen LogP contribution in [0.1, 0.15) is 42.1 Å². The maximum Gasteiger partial charge on any atom is 0.0538 e. The highest BCUT2D eigenvalue weighted by Gasteiger charge is 2.36. The van der Waals surface area contributed by atoms with Crippen molar-refractivity contribution in [2.24, 2.45) is 5.92 Å². The third-order valence-electron chi connectivity index (χ3n) is 14.9. The van der Waals surface area contributed by atoms with Crippen LogP contribution >= 0.6 is 0 Å². The Morgan fingerprint density at radius 1 is 0.400 bits per heavy atom. The van der Waals surface area contributed by atoms with Crippen LogP contribution in [0.25, 0.3) is 56.0 Å². The fourth-order valence-electron chi connectivity index (χ4n) is 11.5. The summed E-state index contributed by atoms with van der Waals surface area (Å²) in [6.45, 7) is 4.70. The van der Waals surface area contributed by atoms with Gasteiger partial charge in [0.05, 0.1) is 11.2 Å². The van der Waals surface area contributed by atoms with E-state index in [1.54, 1.807) is 0 Å². The van der Waals surface area contributed by atoms with E-state index >= 15 is 0 Å². The molecule has 0 saturated heterocycles. The quantitative estimate of drug-likeness (QED) is 0.143. The largest absolute Gasteiger partial charge is 0.311 e. The highest BCUT2D eigenvalue weighted by molar-refractivity contribution is 5.95. The molecule has 10 aromatic rings. The van der Waals surface area contributed by atoms with Gasteiger partial charge >= 0.3 is 0 Å². The van der Waals surface area contributed by atoms with E-state index in [-0.39, 0.29) is 5.41 Å². The van der Waals surface area contributed by atoms with Gasteiger partial charge in [0.15, 0.2) is 0 Å². The Labute approximate surface area is 410 Å². The normalized spacial score (nSPS) is 15.8. The summed E-state index contributed by atoms with van der Waals surface area (Å²) in [5.74, 6) is 0.648. The van der Waals surface area contributed by atoms with Crippen molar-refractivity contribution in [2.45, 2.75) is 25.2 Å². The minimum Gasteiger partial charge on any atom is -0.311 e. The first-order valence-corrected chi connectivity index (χ1v) is 24.5. The molecule has 1 aromatic heterocycles. The first-order valence-electron chi connectivity index (χ1n) is 24.5. The molecule has 2 atom stereocenters. The number of anilines is 6. The van der Waals surface area contributed by atoms with Crippen molar-refractivity contribution < 1.29 is 0 Å². The molecule has 3 heteroatoms. The van der Waals surface area contributed by atoms with Gasteiger partial charge in [0.25, 0.3) is 0 Å². The second-order valence-corrected chi connectivity index (χ2v) is 19.3. The standard InChI is InChI=1S/C67H51N3/c1-67(2)62-25-15-14-24-59(62)60-45-57(40-41-63(60)67)69(55-36-28-47(29-37-55)46-26-34-54(35-27-46)68(51-17-6-3-7-18-51)52-19-8-4-9-20-52)56-38-30-48(31-39-56)50-33-42-64-61(44-50)66-58-23-13-12-16-49(58)32-43-65(66)70(64)53-21-10-5-11-22-53/h3-45,49,58H,1-2H3. The van der Waals surface area contributed by atoms with E-state index in [0.29, 0.717) is 11.8 Å². The lowest BCUT2D eigenvalue weighted by atomic mass is 9.78. The molecule has 3 aliphatic carbocycles. The van der Waals surface area contributed by atoms with Crippen molar-refractivity contribution in [2.75, 3.05) is 9.80 Å². The molecule has 0 radical (unpaired) electrons. The molecule has 3 nitrogen and oxygen atoms in total. The molecule has 0 bridgehead atoms. The SMILES string of the molecule is CC1(C)c2ccccc2-c2cc(N(c3ccc(-c4ccc(N(c5ccccc5)c5ccccc5)cc4)cc3)c3ccc(-c4ccc5c(c4)c4c(n5-c5ccccc5)C=CC5C=CC=CC45)cc3)ccc21. The smallest absolute Gasteiger partial charge is 0.0538 e. The monoisotopic (exact) mass is 897 g/mol. The summed E-state index contributed by atoms with van der Waals surface area (Å²) in [5, 5.41) is 1.31. The van der Waals surface area contributed by atoms with Crippen molar-refractivity contribution in [3.05, 3.63) is 277 Å². The first-order chi connectivity index (χ1) is 34.5. The first kappa shape index (κ1) is 41.5. The van der Waals surface area contributed by atoms with E-state index in [1.165, 1.54) is 72.4 Å². The Morgan fingerprint density at radius 2 is 0.886 bits per heavy atom. The fourth-order valence-corrected chi connectivity index (χ4v) is 11.5. The maximum absolute atomic E-state index is 2.44. The van der Waals surface area contributed by atoms with Gasteiger partial charge in [-0.25, -0.2) is 0 Å². The predicted molar refractivity (Wildman–Crippen MR) is 295 cm³/mol. The molecule has 0 aliphatic heterocycles. The number of aromatic nitrogens is 1. The molecule has 0 spiro atoms. The molecule has 2 unspecified atom stereocenters. The summed E-state index contributed by atoms with van der Waals surface area (Å²) in [5.41, 5.74) is 21.8. The van der Waals surface area contributed by atoms with Crippen LogP contribution in [-0.2, 0) is 5.41 Å². The van der Waals surface area contributed by atoms with E-state index in [2.05, 4.69) is 289 Å². The van der Waals surface area contributed by atoms with Crippen LogP contribution in [-0.4, -0.2) is 4.57 Å². The summed E-state index contributed by atoms with van der Waals surface area (Å²) in [6, 6.07) is 82.1. The van der Waals surface area contributed by atoms with Gasteiger partial charge in [-0.15, -0.1) is 0 Å². The molecule has 334 valence electrons. The molecule has 0 amide bonds. The van der Waals surface area contributed by atoms with Crippen LogP contribution in [0.5, 0.6) is 0 Å². The molecule has 70 heavy (non-hydrogen) atoms. The molecule has 3 aliphatic rings. The molecule has 0 saturated carbocycles. The molecule has 1 heterocycles. The van der Waals surface area contributed by atoms with Gasteiger partial charge in [-0.1, -0.05) is 172 Å². The zero-order valence-electron chi connectivity index (χ0n) is 39.3. The van der Waals surface area contributed by atoms with Crippen molar-refractivity contribution in [3.63, 3.8) is 0 Å². The Hall–Kier alpha value is -8.66. The fraction of sp³-hybridized carbons (Fsp3) is 0.0746. The Bertz CT molecular complexity index is 3610. The molecule has 0 fully saturated rings. The average molecular weight is 898 g/mol. The van der Waals surface area contributed by atoms with Crippen LogP contribution < -0.4 is 9.80 Å². The summed E-state index contributed by atoms with van der Waals surface area (Å²) < 4.78 is 2.44. The molecule has 0 N–H and O–H groups in total. The average Bonchev–Trinajstić information content (AvgIpc) is 3.88. The minimum atomic E-state index is -0.0725. The topological polar surface area (TPSA) is 11.4 Å². The number of hydrogen-bond acceptors (Lipinski definition) is 2. The minimum absolute atomic E-state index is 0.0725. The van der Waals surface area contributed by atoms with Gasteiger partial charge in [-0.05, 0) is 153 Å². The van der Waals surface area contributed by atoms with Gasteiger partial charge in [-0.3, -0.25) is 0 Å². The zero-order chi connectivity index (χ0) is 46.8. The van der Waals surface area contributed by atoms with E-state index in [9.17, 15) is 0 Å². The van der Waals surface area contributed by atoms with Crippen LogP contribution in [0.3, 0.4) is 0 Å². The number of fused-ring (bicyclic) bond motifs is 8. The van der Waals surface area contributed by atoms with Crippen LogP contribution in [0.15, 0.2) is 255 Å². The number of hydrogen-bond donors (Lipinski definition) is 0. The highest BCUT2D eigenvalue weighted by Crippen LogP contribution is 2.51. The Kier molecular flexibility index (Phi) is 9.99. The van der Waals surface area contributed by atoms with Gasteiger partial charge in [0.1, 0.15) is 0 Å². The van der Waals surface area contributed by atoms with Crippen molar-refractivity contribution in [1.82, 2.24) is 4.57 Å². The Balaban J connectivity index is 0.876. The third kappa shape index (κ3) is 6.96. The van der Waals surface area contributed by atoms with Crippen LogP contribution in [0.4, 0.5) is 34.1 Å². The second kappa shape index (κ2) is 16.8. The molecule has 13 rings (SSSR count). The summed E-state index contributed by atoms with van der Waals surface area (Å²) in [7, 11) is 0. The van der Waals surface area contributed by atoms with Crippen LogP contribution in [0, 0.1) is 5.92 Å². The number of benzene rings is 9. The lowest BCUT2D eigenvalue weighted by Crippen LogP contribution is -2.15. The summed E-state index contributed by atoms with van der Waals surface area (Å²) in [6.07, 6.45) is 13.8. The van der Waals surface area contributed by atoms with Gasteiger partial charge < -0.3 is 14.4 Å². The molecule has 9 aromatic carbocycles. The maximum atomic E-state index is 2.44. The second-order valence-electron chi connectivity index (χ2n) is 19.3. The lowest BCUT2D eigenvalue weighted by molar-refractivity contribution is 0.660. The Morgan fingerprint density at radius 3 is 1.51 bits per heavy atom. The van der Waals surface area contributed by atoms with E-state index in [0.717, 1.165) is 34.1 Å². The van der Waals surface area contributed by atoms with Gasteiger partial charge in [0, 0.05) is 62.4 Å². The number of rotatable bonds is 9. The molecular formula is C67H51N3. The van der Waals surface area contributed by atoms with Gasteiger partial charge in [0.2, 0.25) is 0 Å². The van der Waals surface area contributed by atoms with E-state index in [1.807, 2.05) is 0 Å². The predicted octanol–water partition coefficient (Wildman–Crippen LogP) is 18.1. The lowest BCUT2D eigenvalue weighted by Gasteiger charge is -2.27. The van der Waals surface area contributed by atoms with E-state index < -0.39 is 0 Å². The number of nitrogens with zero attached hydrogens (tertiary/aromatic N) is 3. The van der Waals surface area contributed by atoms with Crippen molar-refractivity contribution in [1.29, 1.82) is 0 Å². The summed E-state index contributed by atoms with van der Waals surface area (Å²) >= 11 is 0. The third-order valence-corrected chi connectivity index (χ3v) is 14.9. The molecular weight excluding hydrogens is 847 g/mol. The zero-order valence-corrected chi connectivity index (χ0v) is 39.3. The number of allylic oxidation sites excluding steroid dienone is 5.